The second-order valence-corrected chi connectivity index (χ2v) is 15.8. The minimum Gasteiger partial charge on any atom is -0.414 e. The van der Waals surface area contributed by atoms with Gasteiger partial charge in [-0.3, -0.25) is 14.3 Å². The van der Waals surface area contributed by atoms with Crippen LogP contribution in [-0.4, -0.2) is 24.5 Å². The quantitative estimate of drug-likeness (QED) is 0.698. The number of nitrogens with zero attached hydrogens (tertiary/aromatic N) is 1. The lowest BCUT2D eigenvalue weighted by Gasteiger charge is -2.39. The van der Waals surface area contributed by atoms with Crippen molar-refractivity contribution in [2.45, 2.75) is 65.2 Å². The van der Waals surface area contributed by atoms with Crippen molar-refractivity contribution < 1.29 is 4.43 Å². The number of rotatable bonds is 4. The number of aromatic nitrogens is 2. The Balaban J connectivity index is 2.51. The SMILES string of the molecule is Cc1c(Br)sc2[nH]c(=O)n(C(C)(C)CO[Si](C)(C)C(C)(C)C)c(=O)c12. The highest BCUT2D eigenvalue weighted by Gasteiger charge is 2.39. The molecule has 2 aromatic rings. The molecule has 0 saturated heterocycles. The maximum atomic E-state index is 13.0. The zero-order chi connectivity index (χ0) is 19.4. The summed E-state index contributed by atoms with van der Waals surface area (Å²) in [5, 5.41) is 0.635. The minimum atomic E-state index is -1.98. The summed E-state index contributed by atoms with van der Waals surface area (Å²) >= 11 is 4.82. The maximum absolute atomic E-state index is 13.0. The summed E-state index contributed by atoms with van der Waals surface area (Å²) < 4.78 is 8.45. The summed E-state index contributed by atoms with van der Waals surface area (Å²) in [7, 11) is -1.98. The van der Waals surface area contributed by atoms with Gasteiger partial charge in [0.05, 0.1) is 21.3 Å². The van der Waals surface area contributed by atoms with Crippen molar-refractivity contribution in [2.75, 3.05) is 6.61 Å². The van der Waals surface area contributed by atoms with Crippen LogP contribution in [0.4, 0.5) is 0 Å². The molecule has 0 bridgehead atoms. The Labute approximate surface area is 161 Å². The van der Waals surface area contributed by atoms with Crippen molar-refractivity contribution >= 4 is 45.8 Å². The molecule has 0 radical (unpaired) electrons. The van der Waals surface area contributed by atoms with E-state index >= 15 is 0 Å². The van der Waals surface area contributed by atoms with Crippen LogP contribution in [0.25, 0.3) is 10.2 Å². The fourth-order valence-electron chi connectivity index (χ4n) is 2.38. The van der Waals surface area contributed by atoms with Crippen molar-refractivity contribution in [1.29, 1.82) is 0 Å². The second kappa shape index (κ2) is 6.47. The van der Waals surface area contributed by atoms with E-state index in [4.69, 9.17) is 4.43 Å². The molecule has 0 unspecified atom stereocenters. The van der Waals surface area contributed by atoms with Gasteiger partial charge in [0, 0.05) is 0 Å². The smallest absolute Gasteiger partial charge is 0.330 e. The van der Waals surface area contributed by atoms with Gasteiger partial charge in [-0.15, -0.1) is 11.3 Å². The van der Waals surface area contributed by atoms with Crippen LogP contribution >= 0.6 is 27.3 Å². The van der Waals surface area contributed by atoms with E-state index < -0.39 is 19.5 Å². The molecule has 140 valence electrons. The first-order valence-electron chi connectivity index (χ1n) is 8.27. The van der Waals surface area contributed by atoms with Crippen LogP contribution in [0.3, 0.4) is 0 Å². The van der Waals surface area contributed by atoms with Gasteiger partial charge < -0.3 is 4.43 Å². The Morgan fingerprint density at radius 3 is 2.28 bits per heavy atom. The molecule has 25 heavy (non-hydrogen) atoms. The topological polar surface area (TPSA) is 64.1 Å². The Kier molecular flexibility index (Phi) is 5.34. The predicted octanol–water partition coefficient (Wildman–Crippen LogP) is 4.58. The fourth-order valence-corrected chi connectivity index (χ4v) is 5.12. The summed E-state index contributed by atoms with van der Waals surface area (Å²) in [6, 6.07) is 0. The first-order valence-corrected chi connectivity index (χ1v) is 12.8. The van der Waals surface area contributed by atoms with E-state index in [9.17, 15) is 9.59 Å². The molecule has 2 aromatic heterocycles. The highest BCUT2D eigenvalue weighted by atomic mass is 79.9. The molecule has 5 nitrogen and oxygen atoms in total. The van der Waals surface area contributed by atoms with Crippen molar-refractivity contribution in [3.05, 3.63) is 30.2 Å². The van der Waals surface area contributed by atoms with Gasteiger partial charge in [-0.2, -0.15) is 0 Å². The van der Waals surface area contributed by atoms with Gasteiger partial charge in [0.1, 0.15) is 4.83 Å². The number of nitrogens with one attached hydrogen (secondary N) is 1. The number of aryl methyl sites for hydroxylation is 1. The molecule has 0 saturated carbocycles. The predicted molar refractivity (Wildman–Crippen MR) is 112 cm³/mol. The van der Waals surface area contributed by atoms with Gasteiger partial charge in [0.25, 0.3) is 5.56 Å². The molecule has 2 rings (SSSR count). The number of H-pyrrole nitrogens is 1. The Morgan fingerprint density at radius 1 is 1.20 bits per heavy atom. The zero-order valence-corrected chi connectivity index (χ0v) is 19.6. The lowest BCUT2D eigenvalue weighted by Crippen LogP contribution is -2.51. The molecule has 0 atom stereocenters. The van der Waals surface area contributed by atoms with Crippen LogP contribution < -0.4 is 11.2 Å². The van der Waals surface area contributed by atoms with Crippen LogP contribution in [0.2, 0.25) is 18.1 Å². The van der Waals surface area contributed by atoms with E-state index in [-0.39, 0.29) is 10.6 Å². The molecule has 2 heterocycles. The van der Waals surface area contributed by atoms with E-state index in [2.05, 4.69) is 54.8 Å². The lowest BCUT2D eigenvalue weighted by atomic mass is 10.1. The lowest BCUT2D eigenvalue weighted by molar-refractivity contribution is 0.162. The average molecular weight is 447 g/mol. The van der Waals surface area contributed by atoms with Gasteiger partial charge in [-0.25, -0.2) is 4.79 Å². The highest BCUT2D eigenvalue weighted by molar-refractivity contribution is 9.11. The van der Waals surface area contributed by atoms with E-state index in [1.165, 1.54) is 15.9 Å². The van der Waals surface area contributed by atoms with E-state index in [0.29, 0.717) is 16.8 Å². The highest BCUT2D eigenvalue weighted by Crippen LogP contribution is 2.37. The molecule has 0 aromatic carbocycles. The third kappa shape index (κ3) is 3.72. The number of hydrogen-bond donors (Lipinski definition) is 1. The standard InChI is InChI=1S/C17H27BrN2O3SSi/c1-10-11-13(24-12(10)18)19-15(22)20(14(11)21)17(5,6)9-23-25(7,8)16(2,3)4/h9H2,1-8H3,(H,19,22). The summed E-state index contributed by atoms with van der Waals surface area (Å²) in [4.78, 5) is 29.1. The van der Waals surface area contributed by atoms with Crippen molar-refractivity contribution in [1.82, 2.24) is 9.55 Å². The fraction of sp³-hybridized carbons (Fsp3) is 0.647. The van der Waals surface area contributed by atoms with Crippen molar-refractivity contribution in [3.63, 3.8) is 0 Å². The molecular formula is C17H27BrN2O3SSi. The molecule has 0 aliphatic rings. The molecule has 0 aliphatic carbocycles. The first kappa shape index (κ1) is 20.6. The van der Waals surface area contributed by atoms with Crippen molar-refractivity contribution in [3.8, 4) is 0 Å². The van der Waals surface area contributed by atoms with Crippen LogP contribution in [0.5, 0.6) is 0 Å². The van der Waals surface area contributed by atoms with Crippen LogP contribution in [0.15, 0.2) is 13.4 Å². The molecule has 0 fully saturated rings. The van der Waals surface area contributed by atoms with Crippen LogP contribution in [-0.2, 0) is 9.96 Å². The molecule has 0 amide bonds. The number of halogens is 1. The molecular weight excluding hydrogens is 420 g/mol. The van der Waals surface area contributed by atoms with E-state index in [0.717, 1.165) is 9.35 Å². The van der Waals surface area contributed by atoms with Crippen LogP contribution in [0.1, 0.15) is 40.2 Å². The average Bonchev–Trinajstić information content (AvgIpc) is 2.70. The molecule has 1 N–H and O–H groups in total. The third-order valence-electron chi connectivity index (χ3n) is 5.13. The molecule has 8 heteroatoms. The normalized spacial score (nSPS) is 13.6. The molecule has 0 aliphatic heterocycles. The first-order chi connectivity index (χ1) is 11.2. The molecule has 0 spiro atoms. The van der Waals surface area contributed by atoms with Gasteiger partial charge in [-0.1, -0.05) is 20.8 Å². The van der Waals surface area contributed by atoms with E-state index in [1.54, 1.807) is 0 Å². The maximum Gasteiger partial charge on any atom is 0.330 e. The van der Waals surface area contributed by atoms with Crippen molar-refractivity contribution in [2.24, 2.45) is 0 Å². The zero-order valence-electron chi connectivity index (χ0n) is 16.2. The van der Waals surface area contributed by atoms with Gasteiger partial charge >= 0.3 is 5.69 Å². The number of aromatic amines is 1. The minimum absolute atomic E-state index is 0.0687. The number of hydrogen-bond acceptors (Lipinski definition) is 4. The largest absolute Gasteiger partial charge is 0.414 e. The Morgan fingerprint density at radius 2 is 1.76 bits per heavy atom. The van der Waals surface area contributed by atoms with E-state index in [1.807, 2.05) is 20.8 Å². The second-order valence-electron chi connectivity index (χ2n) is 8.64. The van der Waals surface area contributed by atoms with Gasteiger partial charge in [0.2, 0.25) is 0 Å². The number of fused-ring (bicyclic) bond motifs is 1. The summed E-state index contributed by atoms with van der Waals surface area (Å²) in [5.74, 6) is 0. The Bertz CT molecular complexity index is 919. The summed E-state index contributed by atoms with van der Waals surface area (Å²) in [6.07, 6.45) is 0. The Hall–Kier alpha value is -0.703. The third-order valence-corrected chi connectivity index (χ3v) is 11.7. The summed E-state index contributed by atoms with van der Waals surface area (Å²) in [6.45, 7) is 16.8. The summed E-state index contributed by atoms with van der Waals surface area (Å²) in [5.41, 5.74) is -0.539. The van der Waals surface area contributed by atoms with Gasteiger partial charge in [0.15, 0.2) is 8.32 Å². The van der Waals surface area contributed by atoms with Crippen LogP contribution in [0, 0.1) is 6.92 Å². The van der Waals surface area contributed by atoms with Gasteiger partial charge in [-0.05, 0) is 60.4 Å². The monoisotopic (exact) mass is 446 g/mol. The number of thiophene rings is 1.